The summed E-state index contributed by atoms with van der Waals surface area (Å²) in [4.78, 5) is 0. The molecule has 2 heterocycles. The molecule has 0 unspecified atom stereocenters. The Hall–Kier alpha value is -0.760. The van der Waals surface area contributed by atoms with Gasteiger partial charge in [-0.25, -0.2) is 0 Å². The highest BCUT2D eigenvalue weighted by molar-refractivity contribution is 5.11. The molecule has 5 rings (SSSR count). The van der Waals surface area contributed by atoms with E-state index in [1.54, 1.807) is 12.2 Å². The second-order valence-electron chi connectivity index (χ2n) is 9.45. The summed E-state index contributed by atoms with van der Waals surface area (Å²) in [7, 11) is 0. The molecule has 2 spiro atoms. The zero-order valence-electron chi connectivity index (χ0n) is 18.0. The maximum atomic E-state index is 6.70. The van der Waals surface area contributed by atoms with Crippen molar-refractivity contribution >= 4 is 0 Å². The average Bonchev–Trinajstić information content (AvgIpc) is 3.30. The summed E-state index contributed by atoms with van der Waals surface area (Å²) in [5, 5.41) is 0. The molecule has 6 nitrogen and oxygen atoms in total. The Balaban J connectivity index is 1.46. The van der Waals surface area contributed by atoms with Gasteiger partial charge in [0.25, 0.3) is 0 Å². The van der Waals surface area contributed by atoms with E-state index in [-0.39, 0.29) is 36.6 Å². The lowest BCUT2D eigenvalue weighted by atomic mass is 9.84. The quantitative estimate of drug-likeness (QED) is 0.605. The first-order valence-corrected chi connectivity index (χ1v) is 11.9. The molecule has 168 valence electrons. The lowest BCUT2D eigenvalue weighted by molar-refractivity contribution is -0.229. The second kappa shape index (κ2) is 8.64. The van der Waals surface area contributed by atoms with Gasteiger partial charge in [0.2, 0.25) is 0 Å². The van der Waals surface area contributed by atoms with E-state index in [4.69, 9.17) is 28.4 Å². The van der Waals surface area contributed by atoms with Gasteiger partial charge in [-0.1, -0.05) is 25.0 Å². The maximum absolute atomic E-state index is 6.70. The highest BCUT2D eigenvalue weighted by Crippen LogP contribution is 2.52. The minimum Gasteiger partial charge on any atom is -0.369 e. The normalized spacial score (nSPS) is 41.5. The van der Waals surface area contributed by atoms with E-state index in [9.17, 15) is 0 Å². The van der Waals surface area contributed by atoms with Crippen molar-refractivity contribution in [2.75, 3.05) is 13.2 Å². The standard InChI is InChI=1S/C24H36O6/c1-3-15-25-17-18(26-16-4-2)20-22(30-24(28-20)13-9-6-10-14-24)21-19(17)27-23(29-21)11-7-5-8-12-23/h3-4,17-22H,1-2,5-16H2/t17-,18-,19-,20+,21-,22-/m0/s1. The number of ether oxygens (including phenoxy) is 6. The summed E-state index contributed by atoms with van der Waals surface area (Å²) in [6.07, 6.45) is 12.8. The molecule has 2 saturated heterocycles. The summed E-state index contributed by atoms with van der Waals surface area (Å²) < 4.78 is 39.3. The minimum atomic E-state index is -0.521. The van der Waals surface area contributed by atoms with Gasteiger partial charge in [0.05, 0.1) is 13.2 Å². The molecule has 0 amide bonds. The van der Waals surface area contributed by atoms with Crippen LogP contribution >= 0.6 is 0 Å². The van der Waals surface area contributed by atoms with Crippen molar-refractivity contribution in [3.63, 3.8) is 0 Å². The molecule has 3 saturated carbocycles. The lowest BCUT2D eigenvalue weighted by Crippen LogP contribution is -2.63. The van der Waals surface area contributed by atoms with Crippen molar-refractivity contribution in [2.24, 2.45) is 0 Å². The summed E-state index contributed by atoms with van der Waals surface area (Å²) >= 11 is 0. The third-order valence-electron chi connectivity index (χ3n) is 7.39. The summed E-state index contributed by atoms with van der Waals surface area (Å²) in [5.41, 5.74) is 0. The van der Waals surface area contributed by atoms with E-state index >= 15 is 0 Å². The third kappa shape index (κ3) is 3.70. The van der Waals surface area contributed by atoms with Crippen molar-refractivity contribution in [3.8, 4) is 0 Å². The fourth-order valence-electron chi connectivity index (χ4n) is 6.10. The molecule has 2 aliphatic heterocycles. The van der Waals surface area contributed by atoms with E-state index in [1.165, 1.54) is 12.8 Å². The maximum Gasteiger partial charge on any atom is 0.169 e. The highest BCUT2D eigenvalue weighted by atomic mass is 16.8. The van der Waals surface area contributed by atoms with Crippen LogP contribution < -0.4 is 0 Å². The summed E-state index contributed by atoms with van der Waals surface area (Å²) in [6.45, 7) is 8.52. The molecule has 5 fully saturated rings. The van der Waals surface area contributed by atoms with Crippen LogP contribution in [0.15, 0.2) is 25.3 Å². The Morgan fingerprint density at radius 1 is 0.600 bits per heavy atom. The number of hydrogen-bond acceptors (Lipinski definition) is 6. The van der Waals surface area contributed by atoms with Crippen LogP contribution in [0.4, 0.5) is 0 Å². The van der Waals surface area contributed by atoms with Gasteiger partial charge in [0.15, 0.2) is 11.6 Å². The van der Waals surface area contributed by atoms with Crippen LogP contribution in [0.25, 0.3) is 0 Å². The zero-order chi connectivity index (χ0) is 20.6. The van der Waals surface area contributed by atoms with Gasteiger partial charge in [0.1, 0.15) is 36.6 Å². The Bertz CT molecular complexity index is 569. The van der Waals surface area contributed by atoms with Gasteiger partial charge in [-0.15, -0.1) is 13.2 Å². The molecule has 3 aliphatic carbocycles. The Kier molecular flexibility index (Phi) is 6.08. The van der Waals surface area contributed by atoms with Crippen molar-refractivity contribution in [1.82, 2.24) is 0 Å². The zero-order valence-corrected chi connectivity index (χ0v) is 18.0. The van der Waals surface area contributed by atoms with Gasteiger partial charge in [-0.3, -0.25) is 0 Å². The molecule has 0 aromatic heterocycles. The van der Waals surface area contributed by atoms with Gasteiger partial charge < -0.3 is 28.4 Å². The van der Waals surface area contributed by atoms with Gasteiger partial charge in [-0.2, -0.15) is 0 Å². The largest absolute Gasteiger partial charge is 0.369 e. The Morgan fingerprint density at radius 3 is 1.33 bits per heavy atom. The van der Waals surface area contributed by atoms with Crippen molar-refractivity contribution in [2.45, 2.75) is 112 Å². The molecule has 5 aliphatic rings. The van der Waals surface area contributed by atoms with E-state index in [1.807, 2.05) is 0 Å². The van der Waals surface area contributed by atoms with Crippen molar-refractivity contribution < 1.29 is 28.4 Å². The topological polar surface area (TPSA) is 55.4 Å². The van der Waals surface area contributed by atoms with Crippen LogP contribution in [-0.2, 0) is 28.4 Å². The summed E-state index contributed by atoms with van der Waals surface area (Å²) in [5.74, 6) is -1.04. The molecule has 0 N–H and O–H groups in total. The molecule has 6 atom stereocenters. The molecule has 6 heteroatoms. The van der Waals surface area contributed by atoms with Gasteiger partial charge in [-0.05, 0) is 25.7 Å². The van der Waals surface area contributed by atoms with Crippen LogP contribution in [0.3, 0.4) is 0 Å². The summed E-state index contributed by atoms with van der Waals surface area (Å²) in [6, 6.07) is 0. The first-order valence-electron chi connectivity index (χ1n) is 11.9. The number of fused-ring (bicyclic) bond motifs is 3. The van der Waals surface area contributed by atoms with Crippen LogP contribution in [0.2, 0.25) is 0 Å². The highest BCUT2D eigenvalue weighted by Gasteiger charge is 2.66. The second-order valence-corrected chi connectivity index (χ2v) is 9.45. The SMILES string of the molecule is C=CCO[C@H]1[C@H](OCC=C)[C@@H]2OC3(CCCCC3)O[C@@H]2[C@H]2OC3(CCCCC3)O[C@H]12. The molecule has 0 aromatic rings. The molecule has 30 heavy (non-hydrogen) atoms. The fraction of sp³-hybridized carbons (Fsp3) is 0.833. The molecule has 0 aromatic carbocycles. The monoisotopic (exact) mass is 420 g/mol. The van der Waals surface area contributed by atoms with Crippen LogP contribution in [0.1, 0.15) is 64.2 Å². The molecular weight excluding hydrogens is 384 g/mol. The number of rotatable bonds is 6. The minimum absolute atomic E-state index is 0.201. The Labute approximate surface area is 179 Å². The van der Waals surface area contributed by atoms with Gasteiger partial charge >= 0.3 is 0 Å². The van der Waals surface area contributed by atoms with E-state index < -0.39 is 11.6 Å². The average molecular weight is 421 g/mol. The predicted octanol–water partition coefficient (Wildman–Crippen LogP) is 4.03. The van der Waals surface area contributed by atoms with Crippen molar-refractivity contribution in [1.29, 1.82) is 0 Å². The van der Waals surface area contributed by atoms with Crippen LogP contribution in [0.5, 0.6) is 0 Å². The van der Waals surface area contributed by atoms with E-state index in [2.05, 4.69) is 13.2 Å². The lowest BCUT2D eigenvalue weighted by Gasteiger charge is -2.42. The first-order chi connectivity index (χ1) is 14.7. The molecule has 0 radical (unpaired) electrons. The fourth-order valence-corrected chi connectivity index (χ4v) is 6.10. The van der Waals surface area contributed by atoms with Crippen LogP contribution in [-0.4, -0.2) is 61.4 Å². The van der Waals surface area contributed by atoms with E-state index in [0.717, 1.165) is 51.4 Å². The van der Waals surface area contributed by atoms with Crippen molar-refractivity contribution in [3.05, 3.63) is 25.3 Å². The predicted molar refractivity (Wildman–Crippen MR) is 111 cm³/mol. The Morgan fingerprint density at radius 2 is 0.967 bits per heavy atom. The smallest absolute Gasteiger partial charge is 0.169 e. The van der Waals surface area contributed by atoms with Crippen LogP contribution in [0, 0.1) is 0 Å². The first kappa shape index (κ1) is 21.1. The van der Waals surface area contributed by atoms with E-state index in [0.29, 0.717) is 13.2 Å². The third-order valence-corrected chi connectivity index (χ3v) is 7.39. The number of hydrogen-bond donors (Lipinski definition) is 0. The molecular formula is C24H36O6. The molecule has 0 bridgehead atoms. The van der Waals surface area contributed by atoms with Gasteiger partial charge in [0, 0.05) is 25.7 Å².